The fourth-order valence-corrected chi connectivity index (χ4v) is 8.68. The van der Waals surface area contributed by atoms with Crippen molar-refractivity contribution in [3.8, 4) is 23.0 Å². The molecule has 0 aliphatic carbocycles. The molecule has 0 spiro atoms. The number of amides is 4. The van der Waals surface area contributed by atoms with E-state index in [0.29, 0.717) is 76.3 Å². The zero-order chi connectivity index (χ0) is 43.2. The predicted octanol–water partition coefficient (Wildman–Crippen LogP) is 8.29. The van der Waals surface area contributed by atoms with Crippen LogP contribution >= 0.6 is 15.9 Å². The molecule has 5 aromatic carbocycles. The summed E-state index contributed by atoms with van der Waals surface area (Å²) >= 11 is 3.35. The normalized spacial score (nSPS) is 16.0. The molecule has 0 radical (unpaired) electrons. The van der Waals surface area contributed by atoms with Crippen molar-refractivity contribution < 1.29 is 38.1 Å². The molecule has 13 heteroatoms. The number of nitrogens with zero attached hydrogens (tertiary/aromatic N) is 4. The molecule has 0 unspecified atom stereocenters. The second-order valence-corrected chi connectivity index (χ2v) is 16.5. The fraction of sp³-hybridized carbons (Fsp3) is 0.306. The third kappa shape index (κ3) is 9.25. The highest BCUT2D eigenvalue weighted by atomic mass is 79.9. The van der Waals surface area contributed by atoms with Crippen LogP contribution in [0.4, 0.5) is 11.4 Å². The lowest BCUT2D eigenvalue weighted by molar-refractivity contribution is 0.0910. The number of ether oxygens (including phenoxy) is 4. The molecular weight excluding hydrogens is 852 g/mol. The average Bonchev–Trinajstić information content (AvgIpc) is 4.10. The van der Waals surface area contributed by atoms with Gasteiger partial charge >= 0.3 is 0 Å². The van der Waals surface area contributed by atoms with Gasteiger partial charge in [0.25, 0.3) is 23.6 Å². The van der Waals surface area contributed by atoms with Gasteiger partial charge in [0.05, 0.1) is 47.8 Å². The van der Waals surface area contributed by atoms with E-state index in [1.54, 1.807) is 74.9 Å². The Labute approximate surface area is 370 Å². The molecule has 2 fully saturated rings. The summed E-state index contributed by atoms with van der Waals surface area (Å²) in [6.45, 7) is 7.35. The third-order valence-corrected chi connectivity index (χ3v) is 12.1. The Morgan fingerprint density at radius 3 is 1.45 bits per heavy atom. The van der Waals surface area contributed by atoms with Crippen molar-refractivity contribution in [2.24, 2.45) is 0 Å². The maximum Gasteiger partial charge on any atom is 0.266 e. The molecule has 0 N–H and O–H groups in total. The van der Waals surface area contributed by atoms with Crippen molar-refractivity contribution in [3.63, 3.8) is 0 Å². The molecule has 62 heavy (non-hydrogen) atoms. The van der Waals surface area contributed by atoms with Crippen molar-refractivity contribution >= 4 is 50.9 Å². The summed E-state index contributed by atoms with van der Waals surface area (Å²) in [7, 11) is 3.11. The number of methoxy groups -OCH3 is 2. The van der Waals surface area contributed by atoms with Crippen molar-refractivity contribution in [2.45, 2.75) is 32.1 Å². The van der Waals surface area contributed by atoms with Gasteiger partial charge in [0.2, 0.25) is 0 Å². The van der Waals surface area contributed by atoms with E-state index < -0.39 is 0 Å². The van der Waals surface area contributed by atoms with E-state index in [0.717, 1.165) is 54.9 Å². The summed E-state index contributed by atoms with van der Waals surface area (Å²) in [5.74, 6) is 0.882. The molecule has 5 aromatic rings. The third-order valence-electron chi connectivity index (χ3n) is 11.6. The number of carbonyl (C=O) groups is 4. The Hall–Kier alpha value is -6.02. The summed E-state index contributed by atoms with van der Waals surface area (Å²) in [5.41, 5.74) is 4.73. The van der Waals surface area contributed by atoms with Crippen LogP contribution in [0, 0.1) is 0 Å². The van der Waals surface area contributed by atoms with Gasteiger partial charge in [-0.05, 0) is 124 Å². The molecule has 2 saturated heterocycles. The Kier molecular flexibility index (Phi) is 13.3. The van der Waals surface area contributed by atoms with Gasteiger partial charge in [0, 0.05) is 29.7 Å². The highest BCUT2D eigenvalue weighted by Gasteiger charge is 2.38. The van der Waals surface area contributed by atoms with Gasteiger partial charge in [0.15, 0.2) is 23.0 Å². The number of carbonyl (C=O) groups excluding carboxylic acids is 4. The number of halogens is 1. The van der Waals surface area contributed by atoms with E-state index in [2.05, 4.69) is 25.7 Å². The van der Waals surface area contributed by atoms with Crippen LogP contribution in [0.1, 0.15) is 78.2 Å². The fourth-order valence-electron chi connectivity index (χ4n) is 8.32. The first-order valence-electron chi connectivity index (χ1n) is 21.0. The van der Waals surface area contributed by atoms with Gasteiger partial charge in [-0.2, -0.15) is 0 Å². The van der Waals surface area contributed by atoms with Gasteiger partial charge < -0.3 is 18.9 Å². The van der Waals surface area contributed by atoms with E-state index >= 15 is 0 Å². The lowest BCUT2D eigenvalue weighted by Crippen LogP contribution is -2.29. The first-order chi connectivity index (χ1) is 30.2. The number of hydrogen-bond acceptors (Lipinski definition) is 10. The number of hydrogen-bond donors (Lipinski definition) is 0. The second kappa shape index (κ2) is 19.4. The van der Waals surface area contributed by atoms with Gasteiger partial charge in [-0.15, -0.1) is 0 Å². The van der Waals surface area contributed by atoms with Gasteiger partial charge in [-0.3, -0.25) is 29.0 Å². The highest BCUT2D eigenvalue weighted by molar-refractivity contribution is 9.10. The second-order valence-electron chi connectivity index (χ2n) is 15.6. The molecule has 4 aliphatic heterocycles. The van der Waals surface area contributed by atoms with Crippen molar-refractivity contribution in [1.82, 2.24) is 9.80 Å². The first kappa shape index (κ1) is 42.7. The molecule has 4 amide bonds. The molecule has 0 atom stereocenters. The number of anilines is 2. The highest BCUT2D eigenvalue weighted by Crippen LogP contribution is 2.38. The maximum absolute atomic E-state index is 13.2. The minimum absolute atomic E-state index is 0.320. The van der Waals surface area contributed by atoms with E-state index in [1.807, 2.05) is 42.5 Å². The lowest BCUT2D eigenvalue weighted by Gasteiger charge is -2.18. The summed E-state index contributed by atoms with van der Waals surface area (Å²) < 4.78 is 23.5. The molecule has 320 valence electrons. The minimum atomic E-state index is -0.342. The van der Waals surface area contributed by atoms with Crippen LogP contribution < -0.4 is 28.7 Å². The van der Waals surface area contributed by atoms with Crippen LogP contribution in [0.15, 0.2) is 108 Å². The Morgan fingerprint density at radius 1 is 0.484 bits per heavy atom. The summed E-state index contributed by atoms with van der Waals surface area (Å²) in [4.78, 5) is 59.0. The van der Waals surface area contributed by atoms with Gasteiger partial charge in [-0.1, -0.05) is 52.3 Å². The number of imide groups is 2. The van der Waals surface area contributed by atoms with Gasteiger partial charge in [-0.25, -0.2) is 9.80 Å². The van der Waals surface area contributed by atoms with Crippen LogP contribution in [-0.4, -0.2) is 100 Å². The molecule has 12 nitrogen and oxygen atoms in total. The van der Waals surface area contributed by atoms with Crippen LogP contribution in [0.25, 0.3) is 0 Å². The van der Waals surface area contributed by atoms with Crippen LogP contribution in [0.5, 0.6) is 23.0 Å². The molecule has 0 saturated carbocycles. The van der Waals surface area contributed by atoms with Crippen molar-refractivity contribution in [2.75, 3.05) is 76.5 Å². The summed E-state index contributed by atoms with van der Waals surface area (Å²) in [5, 5.41) is 0. The molecule has 0 aromatic heterocycles. The van der Waals surface area contributed by atoms with Crippen molar-refractivity contribution in [1.29, 1.82) is 0 Å². The van der Waals surface area contributed by atoms with E-state index in [9.17, 15) is 19.2 Å². The predicted molar refractivity (Wildman–Crippen MR) is 240 cm³/mol. The van der Waals surface area contributed by atoms with Crippen LogP contribution in [0.3, 0.4) is 0 Å². The molecular formula is C49H49BrN4O8. The zero-order valence-electron chi connectivity index (χ0n) is 34.9. The molecule has 0 bridgehead atoms. The smallest absolute Gasteiger partial charge is 0.266 e. The summed E-state index contributed by atoms with van der Waals surface area (Å²) in [6, 6.07) is 31.0. The van der Waals surface area contributed by atoms with E-state index in [-0.39, 0.29) is 23.6 Å². The minimum Gasteiger partial charge on any atom is -0.493 e. The van der Waals surface area contributed by atoms with E-state index in [4.69, 9.17) is 18.9 Å². The molecule has 9 rings (SSSR count). The largest absolute Gasteiger partial charge is 0.493 e. The van der Waals surface area contributed by atoms with Crippen LogP contribution in [-0.2, 0) is 6.42 Å². The maximum atomic E-state index is 13.2. The van der Waals surface area contributed by atoms with Crippen molar-refractivity contribution in [3.05, 3.63) is 141 Å². The Bertz CT molecular complexity index is 2470. The number of rotatable bonds is 14. The zero-order valence-corrected chi connectivity index (χ0v) is 36.5. The number of likely N-dealkylation sites (tertiary alicyclic amines) is 2. The van der Waals surface area contributed by atoms with E-state index in [1.165, 1.54) is 35.5 Å². The monoisotopic (exact) mass is 900 g/mol. The topological polar surface area (TPSA) is 118 Å². The quantitative estimate of drug-likeness (QED) is 0.101. The summed E-state index contributed by atoms with van der Waals surface area (Å²) in [6.07, 6.45) is 5.68. The molecule has 4 aliphatic rings. The first-order valence-corrected chi connectivity index (χ1v) is 21.8. The SMILES string of the molecule is COc1cc(N2C(=O)c3ccc(Br)cc3C2=O)ccc1OCCN1CCCC1.COc1cc(N2C(=O)c3ccc(Cc4ccccc4)cc3C2=O)ccc1OCCN1CCCC1. The average molecular weight is 902 g/mol. The number of benzene rings is 5. The van der Waals surface area contributed by atoms with Crippen LogP contribution in [0.2, 0.25) is 0 Å². The van der Waals surface area contributed by atoms with Gasteiger partial charge in [0.1, 0.15) is 13.2 Å². The Morgan fingerprint density at radius 2 is 0.952 bits per heavy atom. The lowest BCUT2D eigenvalue weighted by atomic mass is 10.0. The number of fused-ring (bicyclic) bond motifs is 2. The standard InChI is InChI=1S/C28H28N2O4.C21H21BrN2O4/c1-33-26-19-22(10-12-25(26)34-16-15-29-13-5-6-14-29)30-27(31)23-11-9-21(18-24(23)28(30)32)17-20-7-3-2-4-8-20;1-27-19-13-15(5-7-18(19)28-11-10-23-8-2-3-9-23)24-20(25)16-6-4-14(22)12-17(16)21(24)26/h2-4,7-12,18-19H,5-6,13-17H2,1H3;4-7,12-13H,2-3,8-11H2,1H3. The Balaban J connectivity index is 0.000000174. The molecule has 4 heterocycles.